The zero-order valence-electron chi connectivity index (χ0n) is 17.3. The quantitative estimate of drug-likeness (QED) is 0.164. The van der Waals surface area contributed by atoms with E-state index in [4.69, 9.17) is 24.2 Å². The Hall–Kier alpha value is -1.03. The molecular weight excluding hydrogens is 407 g/mol. The number of hydrogen-bond donors (Lipinski definition) is 3. The predicted molar refractivity (Wildman–Crippen MR) is 104 cm³/mol. The molecule has 0 aromatic rings. The third-order valence-corrected chi connectivity index (χ3v) is 4.68. The molecule has 3 atom stereocenters. The minimum absolute atomic E-state index is 0.180. The molecule has 0 aliphatic rings. The third-order valence-electron chi connectivity index (χ3n) is 3.73. The maximum Gasteiger partial charge on any atom is 0.472 e. The lowest BCUT2D eigenvalue weighted by molar-refractivity contribution is -0.161. The molecule has 172 valence electrons. The first-order valence-corrected chi connectivity index (χ1v) is 11.5. The number of esters is 2. The van der Waals surface area contributed by atoms with Gasteiger partial charge < -0.3 is 24.6 Å². The Morgan fingerprint density at radius 3 is 2.17 bits per heavy atom. The van der Waals surface area contributed by atoms with Crippen LogP contribution in [-0.2, 0) is 32.7 Å². The summed E-state index contributed by atoms with van der Waals surface area (Å²) in [5, 5.41) is 17.8. The van der Waals surface area contributed by atoms with Gasteiger partial charge in [-0.05, 0) is 12.8 Å². The summed E-state index contributed by atoms with van der Waals surface area (Å²) >= 11 is 0. The summed E-state index contributed by atoms with van der Waals surface area (Å²) in [6.07, 6.45) is 3.30. The number of phosphoric acid groups is 1. The third kappa shape index (κ3) is 16.5. The molecule has 11 heteroatoms. The van der Waals surface area contributed by atoms with Crippen molar-refractivity contribution in [3.05, 3.63) is 0 Å². The molecule has 0 bridgehead atoms. The smallest absolute Gasteiger partial charge is 0.462 e. The van der Waals surface area contributed by atoms with E-state index in [-0.39, 0.29) is 19.4 Å². The summed E-state index contributed by atoms with van der Waals surface area (Å²) in [5.74, 6) is -1.01. The molecule has 0 saturated heterocycles. The lowest BCUT2D eigenvalue weighted by atomic mass is 10.1. The topological polar surface area (TPSA) is 149 Å². The van der Waals surface area contributed by atoms with Crippen molar-refractivity contribution < 1.29 is 47.8 Å². The van der Waals surface area contributed by atoms with Crippen LogP contribution in [0.2, 0.25) is 0 Å². The van der Waals surface area contributed by atoms with Crippen LogP contribution in [0.4, 0.5) is 0 Å². The van der Waals surface area contributed by atoms with Gasteiger partial charge in [-0.15, -0.1) is 0 Å². The molecule has 10 nitrogen and oxygen atoms in total. The fourth-order valence-corrected chi connectivity index (χ4v) is 2.93. The van der Waals surface area contributed by atoms with E-state index in [1.807, 2.05) is 0 Å². The van der Waals surface area contributed by atoms with Gasteiger partial charge in [-0.2, -0.15) is 0 Å². The summed E-state index contributed by atoms with van der Waals surface area (Å²) in [4.78, 5) is 33.1. The Balaban J connectivity index is 4.56. The van der Waals surface area contributed by atoms with Crippen LogP contribution in [0.15, 0.2) is 0 Å². The number of aliphatic hydroxyl groups excluding tert-OH is 2. The molecule has 0 radical (unpaired) electrons. The maximum atomic E-state index is 12.0. The van der Waals surface area contributed by atoms with E-state index in [1.54, 1.807) is 6.92 Å². The molecule has 0 aromatic carbocycles. The number of phosphoric ester groups is 1. The molecule has 0 saturated carbocycles. The van der Waals surface area contributed by atoms with Crippen molar-refractivity contribution in [3.8, 4) is 0 Å². The Morgan fingerprint density at radius 1 is 0.897 bits per heavy atom. The number of carbonyl (C=O) groups is 2. The van der Waals surface area contributed by atoms with Gasteiger partial charge in [0, 0.05) is 12.8 Å². The Bertz CT molecular complexity index is 499. The van der Waals surface area contributed by atoms with Crippen LogP contribution in [0.25, 0.3) is 0 Å². The molecular formula is C18H35O10P. The normalized spacial score (nSPS) is 15.3. The first-order valence-electron chi connectivity index (χ1n) is 9.99. The van der Waals surface area contributed by atoms with Crippen molar-refractivity contribution in [1.82, 2.24) is 0 Å². The molecule has 0 aliphatic heterocycles. The molecule has 0 aliphatic carbocycles. The molecule has 0 amide bonds. The zero-order valence-corrected chi connectivity index (χ0v) is 18.2. The highest BCUT2D eigenvalue weighted by atomic mass is 31.2. The van der Waals surface area contributed by atoms with Gasteiger partial charge in [-0.3, -0.25) is 18.6 Å². The second-order valence-electron chi connectivity index (χ2n) is 6.61. The van der Waals surface area contributed by atoms with E-state index in [2.05, 4.69) is 11.4 Å². The number of ether oxygens (including phenoxy) is 2. The van der Waals surface area contributed by atoms with Gasteiger partial charge in [-0.1, -0.05) is 39.5 Å². The van der Waals surface area contributed by atoms with Crippen LogP contribution in [0.3, 0.4) is 0 Å². The average molecular weight is 442 g/mol. The van der Waals surface area contributed by atoms with Crippen molar-refractivity contribution in [2.24, 2.45) is 0 Å². The lowest BCUT2D eigenvalue weighted by Crippen LogP contribution is -2.29. The molecule has 0 rings (SSSR count). The number of unbranched alkanes of at least 4 members (excludes halogenated alkanes) is 4. The van der Waals surface area contributed by atoms with Crippen molar-refractivity contribution in [2.75, 3.05) is 26.4 Å². The van der Waals surface area contributed by atoms with Gasteiger partial charge in [0.2, 0.25) is 0 Å². The van der Waals surface area contributed by atoms with Crippen LogP contribution in [-0.4, -0.2) is 65.7 Å². The molecule has 0 heterocycles. The first kappa shape index (κ1) is 28.0. The molecule has 0 spiro atoms. The van der Waals surface area contributed by atoms with Crippen molar-refractivity contribution in [3.63, 3.8) is 0 Å². The number of aliphatic hydroxyl groups is 2. The summed E-state index contributed by atoms with van der Waals surface area (Å²) in [6, 6.07) is 0. The summed E-state index contributed by atoms with van der Waals surface area (Å²) in [5.41, 5.74) is 0. The lowest BCUT2D eigenvalue weighted by Gasteiger charge is -2.20. The van der Waals surface area contributed by atoms with E-state index in [1.165, 1.54) is 0 Å². The highest BCUT2D eigenvalue weighted by Gasteiger charge is 2.27. The molecule has 0 aromatic heterocycles. The van der Waals surface area contributed by atoms with Crippen LogP contribution >= 0.6 is 7.82 Å². The van der Waals surface area contributed by atoms with Crippen molar-refractivity contribution in [1.29, 1.82) is 0 Å². The fraction of sp³-hybridized carbons (Fsp3) is 0.889. The van der Waals surface area contributed by atoms with Gasteiger partial charge in [-0.25, -0.2) is 4.57 Å². The Labute approximate surface area is 172 Å². The van der Waals surface area contributed by atoms with E-state index >= 15 is 0 Å². The van der Waals surface area contributed by atoms with Gasteiger partial charge in [0.25, 0.3) is 0 Å². The van der Waals surface area contributed by atoms with Crippen molar-refractivity contribution >= 4 is 19.8 Å². The fourth-order valence-electron chi connectivity index (χ4n) is 2.14. The molecule has 29 heavy (non-hydrogen) atoms. The van der Waals surface area contributed by atoms with Crippen LogP contribution in [0, 0.1) is 0 Å². The van der Waals surface area contributed by atoms with Crippen LogP contribution < -0.4 is 0 Å². The Morgan fingerprint density at radius 2 is 1.55 bits per heavy atom. The first-order chi connectivity index (χ1) is 13.7. The summed E-state index contributed by atoms with van der Waals surface area (Å²) in [6.45, 7) is 1.78. The highest BCUT2D eigenvalue weighted by molar-refractivity contribution is 7.47. The second kappa shape index (κ2) is 16.7. The number of hydrogen-bond acceptors (Lipinski definition) is 9. The molecule has 3 unspecified atom stereocenters. The van der Waals surface area contributed by atoms with Gasteiger partial charge in [0.15, 0.2) is 6.10 Å². The largest absolute Gasteiger partial charge is 0.472 e. The minimum Gasteiger partial charge on any atom is -0.462 e. The van der Waals surface area contributed by atoms with Gasteiger partial charge in [0.05, 0.1) is 19.8 Å². The standard InChI is InChI=1S/C18H35O10P/c1-3-5-6-7-8-10-18(22)28-16(13-25-17(21)9-4-2)14-27-29(23,24)26-12-15(20)11-19/h15-16,19-20H,3-14H2,1-2H3,(H,23,24). The minimum atomic E-state index is -4.55. The molecule has 0 fully saturated rings. The van der Waals surface area contributed by atoms with E-state index in [0.29, 0.717) is 12.8 Å². The van der Waals surface area contributed by atoms with E-state index < -0.39 is 51.8 Å². The predicted octanol–water partition coefficient (Wildman–Crippen LogP) is 2.09. The molecule has 3 N–H and O–H groups in total. The van der Waals surface area contributed by atoms with Crippen molar-refractivity contribution in [2.45, 2.75) is 77.4 Å². The Kier molecular flexibility index (Phi) is 16.1. The highest BCUT2D eigenvalue weighted by Crippen LogP contribution is 2.43. The maximum absolute atomic E-state index is 12.0. The number of rotatable bonds is 18. The monoisotopic (exact) mass is 442 g/mol. The number of carbonyl (C=O) groups excluding carboxylic acids is 2. The summed E-state index contributed by atoms with van der Waals surface area (Å²) < 4.78 is 31.3. The van der Waals surface area contributed by atoms with Crippen LogP contribution in [0.5, 0.6) is 0 Å². The van der Waals surface area contributed by atoms with E-state index in [0.717, 1.165) is 25.7 Å². The zero-order chi connectivity index (χ0) is 22.1. The van der Waals surface area contributed by atoms with Crippen LogP contribution in [0.1, 0.15) is 65.2 Å². The van der Waals surface area contributed by atoms with Gasteiger partial charge in [0.1, 0.15) is 12.7 Å². The van der Waals surface area contributed by atoms with Gasteiger partial charge >= 0.3 is 19.8 Å². The summed E-state index contributed by atoms with van der Waals surface area (Å²) in [7, 11) is -4.55. The second-order valence-corrected chi connectivity index (χ2v) is 8.06. The average Bonchev–Trinajstić information content (AvgIpc) is 2.68. The SMILES string of the molecule is CCCCCCCC(=O)OC(COC(=O)CCC)COP(=O)(O)OCC(O)CO. The van der Waals surface area contributed by atoms with E-state index in [9.17, 15) is 19.0 Å².